The molecule has 2 aromatic rings. The number of phenols is 1. The van der Waals surface area contributed by atoms with E-state index in [-0.39, 0.29) is 17.2 Å². The van der Waals surface area contributed by atoms with E-state index >= 15 is 0 Å². The zero-order valence-electron chi connectivity index (χ0n) is 10.8. The average Bonchev–Trinajstić information content (AvgIpc) is 2.39. The molecule has 4 nitrogen and oxygen atoms in total. The highest BCUT2D eigenvalue weighted by atomic mass is 79.9. The number of nitrogens with zero attached hydrogens (tertiary/aromatic N) is 1. The molecule has 0 spiro atoms. The van der Waals surface area contributed by atoms with Crippen molar-refractivity contribution in [2.75, 3.05) is 10.8 Å². The van der Waals surface area contributed by atoms with Gasteiger partial charge in [0.15, 0.2) is 0 Å². The molecule has 0 bridgehead atoms. The van der Waals surface area contributed by atoms with Crippen molar-refractivity contribution in [3.05, 3.63) is 53.0 Å². The van der Waals surface area contributed by atoms with Crippen molar-refractivity contribution in [2.45, 2.75) is 11.8 Å². The molecule has 0 amide bonds. The number of aromatic hydroxyl groups is 1. The van der Waals surface area contributed by atoms with Crippen LogP contribution in [0.25, 0.3) is 0 Å². The number of phenolic OH excluding ortho intramolecular Hbond substituents is 1. The van der Waals surface area contributed by atoms with Crippen molar-refractivity contribution in [1.82, 2.24) is 0 Å². The monoisotopic (exact) mass is 355 g/mol. The van der Waals surface area contributed by atoms with Crippen molar-refractivity contribution in [1.29, 1.82) is 0 Å². The lowest BCUT2D eigenvalue weighted by Gasteiger charge is -2.23. The fourth-order valence-corrected chi connectivity index (χ4v) is 4.34. The number of anilines is 1. The fourth-order valence-electron chi connectivity index (χ4n) is 1.91. The Hall–Kier alpha value is -1.53. The maximum atomic E-state index is 12.7. The van der Waals surface area contributed by atoms with Gasteiger partial charge in [0.05, 0.1) is 5.69 Å². The molecule has 1 N–H and O–H groups in total. The van der Waals surface area contributed by atoms with Gasteiger partial charge in [-0.25, -0.2) is 8.42 Å². The first-order valence-electron chi connectivity index (χ1n) is 6.03. The second-order valence-electron chi connectivity index (χ2n) is 4.12. The van der Waals surface area contributed by atoms with Gasteiger partial charge in [0, 0.05) is 17.1 Å². The van der Waals surface area contributed by atoms with Crippen LogP contribution in [-0.4, -0.2) is 20.1 Å². The Kier molecular flexibility index (Phi) is 4.35. The van der Waals surface area contributed by atoms with Crippen LogP contribution in [0.2, 0.25) is 0 Å². The summed E-state index contributed by atoms with van der Waals surface area (Å²) in [6, 6.07) is 12.9. The first-order valence-corrected chi connectivity index (χ1v) is 8.26. The van der Waals surface area contributed by atoms with Crippen molar-refractivity contribution in [3.63, 3.8) is 0 Å². The molecule has 0 saturated carbocycles. The molecule has 0 aromatic heterocycles. The van der Waals surface area contributed by atoms with Gasteiger partial charge >= 0.3 is 0 Å². The number of sulfonamides is 1. The molecule has 2 aromatic carbocycles. The molecule has 2 rings (SSSR count). The third-order valence-corrected chi connectivity index (χ3v) is 5.72. The highest BCUT2D eigenvalue weighted by molar-refractivity contribution is 9.10. The number of rotatable bonds is 4. The van der Waals surface area contributed by atoms with Crippen LogP contribution in [0, 0.1) is 0 Å². The van der Waals surface area contributed by atoms with E-state index in [2.05, 4.69) is 15.9 Å². The van der Waals surface area contributed by atoms with E-state index in [0.717, 1.165) is 0 Å². The van der Waals surface area contributed by atoms with E-state index in [9.17, 15) is 13.5 Å². The molecular weight excluding hydrogens is 342 g/mol. The lowest BCUT2D eigenvalue weighted by Crippen LogP contribution is -2.30. The van der Waals surface area contributed by atoms with Gasteiger partial charge in [-0.2, -0.15) is 0 Å². The van der Waals surface area contributed by atoms with E-state index in [1.807, 2.05) is 0 Å². The maximum absolute atomic E-state index is 12.7. The van der Waals surface area contributed by atoms with E-state index in [4.69, 9.17) is 0 Å². The van der Waals surface area contributed by atoms with Crippen molar-refractivity contribution in [2.24, 2.45) is 0 Å². The van der Waals surface area contributed by atoms with E-state index in [1.165, 1.54) is 16.4 Å². The normalized spacial score (nSPS) is 11.3. The summed E-state index contributed by atoms with van der Waals surface area (Å²) in [4.78, 5) is 0.199. The van der Waals surface area contributed by atoms with Gasteiger partial charge in [0.25, 0.3) is 10.0 Å². The van der Waals surface area contributed by atoms with Gasteiger partial charge in [0.1, 0.15) is 10.6 Å². The number of halogens is 1. The molecule has 0 heterocycles. The molecule has 0 saturated heterocycles. The van der Waals surface area contributed by atoms with Gasteiger partial charge < -0.3 is 5.11 Å². The minimum atomic E-state index is -3.68. The standard InChI is InChI=1S/C14H14BrNO3S/c1-2-16(11-6-5-7-12(17)10-11)20(18,19)14-9-4-3-8-13(14)15/h3-10,17H,2H2,1H3. The zero-order chi connectivity index (χ0) is 14.8. The molecule has 0 unspecified atom stereocenters. The van der Waals surface area contributed by atoms with Crippen LogP contribution in [0.5, 0.6) is 5.75 Å². The summed E-state index contributed by atoms with van der Waals surface area (Å²) in [6.07, 6.45) is 0. The van der Waals surface area contributed by atoms with E-state index < -0.39 is 10.0 Å². The highest BCUT2D eigenvalue weighted by Gasteiger charge is 2.25. The molecule has 0 fully saturated rings. The summed E-state index contributed by atoms with van der Waals surface area (Å²) in [5.74, 6) is 0.0308. The minimum Gasteiger partial charge on any atom is -0.508 e. The molecule has 0 aliphatic rings. The third kappa shape index (κ3) is 2.81. The van der Waals surface area contributed by atoms with Gasteiger partial charge in [-0.15, -0.1) is 0 Å². The Bertz CT molecular complexity index is 716. The molecule has 0 radical (unpaired) electrons. The van der Waals surface area contributed by atoms with Crippen molar-refractivity contribution >= 4 is 31.6 Å². The smallest absolute Gasteiger partial charge is 0.265 e. The van der Waals surface area contributed by atoms with Crippen LogP contribution < -0.4 is 4.31 Å². The van der Waals surface area contributed by atoms with Gasteiger partial charge in [-0.1, -0.05) is 18.2 Å². The minimum absolute atomic E-state index is 0.0308. The van der Waals surface area contributed by atoms with Crippen molar-refractivity contribution < 1.29 is 13.5 Å². The SMILES string of the molecule is CCN(c1cccc(O)c1)S(=O)(=O)c1ccccc1Br. The Morgan fingerprint density at radius 3 is 2.45 bits per heavy atom. The van der Waals surface area contributed by atoms with Crippen LogP contribution >= 0.6 is 15.9 Å². The number of hydrogen-bond acceptors (Lipinski definition) is 3. The predicted octanol–water partition coefficient (Wildman–Crippen LogP) is 3.37. The summed E-state index contributed by atoms with van der Waals surface area (Å²) >= 11 is 3.26. The first-order chi connectivity index (χ1) is 9.46. The molecule has 20 heavy (non-hydrogen) atoms. The zero-order valence-corrected chi connectivity index (χ0v) is 13.2. The van der Waals surface area contributed by atoms with Crippen LogP contribution in [0.15, 0.2) is 57.9 Å². The quantitative estimate of drug-likeness (QED) is 0.914. The molecule has 106 valence electrons. The summed E-state index contributed by atoms with van der Waals surface area (Å²) in [6.45, 7) is 2.02. The molecular formula is C14H14BrNO3S. The number of hydrogen-bond donors (Lipinski definition) is 1. The van der Waals surface area contributed by atoms with Crippen LogP contribution in [-0.2, 0) is 10.0 Å². The van der Waals surface area contributed by atoms with Crippen LogP contribution in [0.3, 0.4) is 0 Å². The van der Waals surface area contributed by atoms with Crippen LogP contribution in [0.1, 0.15) is 6.92 Å². The van der Waals surface area contributed by atoms with Gasteiger partial charge in [0.2, 0.25) is 0 Å². The number of benzene rings is 2. The summed E-state index contributed by atoms with van der Waals surface area (Å²) in [7, 11) is -3.68. The maximum Gasteiger partial charge on any atom is 0.265 e. The van der Waals surface area contributed by atoms with Crippen LogP contribution in [0.4, 0.5) is 5.69 Å². The fraction of sp³-hybridized carbons (Fsp3) is 0.143. The molecule has 6 heteroatoms. The first kappa shape index (κ1) is 14.9. The van der Waals surface area contributed by atoms with E-state index in [1.54, 1.807) is 43.3 Å². The second kappa shape index (κ2) is 5.85. The second-order valence-corrected chi connectivity index (χ2v) is 6.81. The molecule has 0 atom stereocenters. The van der Waals surface area contributed by atoms with E-state index in [0.29, 0.717) is 10.2 Å². The van der Waals surface area contributed by atoms with Gasteiger partial charge in [-0.05, 0) is 47.1 Å². The summed E-state index contributed by atoms with van der Waals surface area (Å²) < 4.78 is 27.2. The summed E-state index contributed by atoms with van der Waals surface area (Å²) in [5, 5.41) is 9.52. The lowest BCUT2D eigenvalue weighted by atomic mass is 10.3. The molecule has 0 aliphatic heterocycles. The Morgan fingerprint density at radius 1 is 1.15 bits per heavy atom. The molecule has 0 aliphatic carbocycles. The average molecular weight is 356 g/mol. The predicted molar refractivity (Wildman–Crippen MR) is 82.5 cm³/mol. The summed E-state index contributed by atoms with van der Waals surface area (Å²) in [5.41, 5.74) is 0.434. The Labute approximate surface area is 126 Å². The van der Waals surface area contributed by atoms with Crippen molar-refractivity contribution in [3.8, 4) is 5.75 Å². The van der Waals surface area contributed by atoms with Gasteiger partial charge in [-0.3, -0.25) is 4.31 Å². The largest absolute Gasteiger partial charge is 0.508 e. The lowest BCUT2D eigenvalue weighted by molar-refractivity contribution is 0.475. The Balaban J connectivity index is 2.54. The highest BCUT2D eigenvalue weighted by Crippen LogP contribution is 2.29. The Morgan fingerprint density at radius 2 is 1.85 bits per heavy atom. The third-order valence-electron chi connectivity index (χ3n) is 2.81. The topological polar surface area (TPSA) is 57.6 Å².